The summed E-state index contributed by atoms with van der Waals surface area (Å²) in [7, 11) is 0. The number of anilines is 2. The molecule has 0 fully saturated rings. The molecule has 5 nitrogen and oxygen atoms in total. The number of nitrogens with one attached hydrogen (secondary N) is 2. The molecule has 0 spiro atoms. The third-order valence-electron chi connectivity index (χ3n) is 3.17. The Kier molecular flexibility index (Phi) is 4.91. The number of carbonyl (C=O) groups is 3. The van der Waals surface area contributed by atoms with Gasteiger partial charge in [-0.2, -0.15) is 0 Å². The van der Waals surface area contributed by atoms with Gasteiger partial charge >= 0.3 is 0 Å². The SMILES string of the molecule is CC(=O)Nc1ccccc1C(=O)C(=O)Nc1cc(C)cc(C)c1. The van der Waals surface area contributed by atoms with Gasteiger partial charge in [-0.3, -0.25) is 14.4 Å². The molecule has 0 radical (unpaired) electrons. The zero-order valence-electron chi connectivity index (χ0n) is 13.3. The van der Waals surface area contributed by atoms with E-state index in [1.54, 1.807) is 30.3 Å². The summed E-state index contributed by atoms with van der Waals surface area (Å²) in [6, 6.07) is 12.0. The summed E-state index contributed by atoms with van der Waals surface area (Å²) in [5.74, 6) is -1.75. The minimum Gasteiger partial charge on any atom is -0.326 e. The molecule has 0 aliphatic heterocycles. The fourth-order valence-corrected chi connectivity index (χ4v) is 2.34. The number of rotatable bonds is 4. The fourth-order valence-electron chi connectivity index (χ4n) is 2.34. The van der Waals surface area contributed by atoms with E-state index in [1.165, 1.54) is 13.0 Å². The summed E-state index contributed by atoms with van der Waals surface area (Å²) in [4.78, 5) is 35.8. The number of Topliss-reactive ketones (excluding diaryl/α,β-unsaturated/α-hetero) is 1. The van der Waals surface area contributed by atoms with E-state index in [1.807, 2.05) is 19.9 Å². The van der Waals surface area contributed by atoms with Crippen molar-refractivity contribution in [3.05, 3.63) is 59.2 Å². The Labute approximate surface area is 134 Å². The van der Waals surface area contributed by atoms with E-state index >= 15 is 0 Å². The molecule has 2 amide bonds. The minimum atomic E-state index is -0.743. The van der Waals surface area contributed by atoms with Crippen LogP contribution < -0.4 is 10.6 Å². The van der Waals surface area contributed by atoms with Gasteiger partial charge < -0.3 is 10.6 Å². The second-order valence-corrected chi connectivity index (χ2v) is 5.39. The van der Waals surface area contributed by atoms with Crippen molar-refractivity contribution < 1.29 is 14.4 Å². The van der Waals surface area contributed by atoms with Crippen molar-refractivity contribution in [1.29, 1.82) is 0 Å². The van der Waals surface area contributed by atoms with Crippen LogP contribution in [0.3, 0.4) is 0 Å². The molecule has 0 unspecified atom stereocenters. The molecule has 118 valence electrons. The lowest BCUT2D eigenvalue weighted by molar-refractivity contribution is -0.114. The van der Waals surface area contributed by atoms with Gasteiger partial charge in [-0.1, -0.05) is 18.2 Å². The van der Waals surface area contributed by atoms with Gasteiger partial charge in [0.05, 0.1) is 11.3 Å². The predicted molar refractivity (Wildman–Crippen MR) is 89.6 cm³/mol. The molecule has 23 heavy (non-hydrogen) atoms. The highest BCUT2D eigenvalue weighted by molar-refractivity contribution is 6.47. The molecule has 2 N–H and O–H groups in total. The number of para-hydroxylation sites is 1. The van der Waals surface area contributed by atoms with Crippen molar-refractivity contribution in [2.24, 2.45) is 0 Å². The number of ketones is 1. The lowest BCUT2D eigenvalue weighted by atomic mass is 10.1. The molecule has 0 aliphatic carbocycles. The average Bonchev–Trinajstić information content (AvgIpc) is 2.45. The molecule has 0 saturated carbocycles. The second-order valence-electron chi connectivity index (χ2n) is 5.39. The lowest BCUT2D eigenvalue weighted by Crippen LogP contribution is -2.24. The van der Waals surface area contributed by atoms with Crippen molar-refractivity contribution in [2.75, 3.05) is 10.6 Å². The van der Waals surface area contributed by atoms with Crippen molar-refractivity contribution in [2.45, 2.75) is 20.8 Å². The second kappa shape index (κ2) is 6.87. The molecule has 0 atom stereocenters. The summed E-state index contributed by atoms with van der Waals surface area (Å²) in [5.41, 5.74) is 3.03. The van der Waals surface area contributed by atoms with Gasteiger partial charge in [0.2, 0.25) is 5.91 Å². The molecule has 2 aromatic carbocycles. The van der Waals surface area contributed by atoms with E-state index in [-0.39, 0.29) is 11.5 Å². The van der Waals surface area contributed by atoms with Gasteiger partial charge in [0.25, 0.3) is 11.7 Å². The van der Waals surface area contributed by atoms with E-state index in [0.717, 1.165) is 11.1 Å². The molecule has 0 saturated heterocycles. The highest BCUT2D eigenvalue weighted by Crippen LogP contribution is 2.18. The van der Waals surface area contributed by atoms with E-state index in [4.69, 9.17) is 0 Å². The smallest absolute Gasteiger partial charge is 0.296 e. The number of amides is 2. The molecular formula is C18H18N2O3. The molecule has 5 heteroatoms. The van der Waals surface area contributed by atoms with Crippen LogP contribution in [-0.4, -0.2) is 17.6 Å². The maximum Gasteiger partial charge on any atom is 0.296 e. The van der Waals surface area contributed by atoms with Crippen molar-refractivity contribution in [3.63, 3.8) is 0 Å². The van der Waals surface area contributed by atoms with Crippen LogP contribution in [0.2, 0.25) is 0 Å². The lowest BCUT2D eigenvalue weighted by Gasteiger charge is -2.10. The largest absolute Gasteiger partial charge is 0.326 e. The van der Waals surface area contributed by atoms with E-state index in [0.29, 0.717) is 11.4 Å². The summed E-state index contributed by atoms with van der Waals surface area (Å²) < 4.78 is 0. The standard InChI is InChI=1S/C18H18N2O3/c1-11-8-12(2)10-14(9-11)20-18(23)17(22)15-6-4-5-7-16(15)19-13(3)21/h4-10H,1-3H3,(H,19,21)(H,20,23). The van der Waals surface area contributed by atoms with Gasteiger partial charge in [-0.15, -0.1) is 0 Å². The van der Waals surface area contributed by atoms with Gasteiger partial charge in [-0.25, -0.2) is 0 Å². The van der Waals surface area contributed by atoms with Crippen molar-refractivity contribution in [1.82, 2.24) is 0 Å². The summed E-state index contributed by atoms with van der Waals surface area (Å²) in [6.07, 6.45) is 0. The number of hydrogen-bond donors (Lipinski definition) is 2. The topological polar surface area (TPSA) is 75.3 Å². The Morgan fingerprint density at radius 2 is 1.48 bits per heavy atom. The normalized spacial score (nSPS) is 10.0. The van der Waals surface area contributed by atoms with Crippen LogP contribution in [-0.2, 0) is 9.59 Å². The van der Waals surface area contributed by atoms with Gasteiger partial charge in [-0.05, 0) is 49.2 Å². The quantitative estimate of drug-likeness (QED) is 0.673. The highest BCUT2D eigenvalue weighted by atomic mass is 16.2. The van der Waals surface area contributed by atoms with Crippen LogP contribution in [0.5, 0.6) is 0 Å². The van der Waals surface area contributed by atoms with E-state index < -0.39 is 11.7 Å². The molecule has 0 bridgehead atoms. The first kappa shape index (κ1) is 16.4. The van der Waals surface area contributed by atoms with Gasteiger partial charge in [0.15, 0.2) is 0 Å². The van der Waals surface area contributed by atoms with Gasteiger partial charge in [0, 0.05) is 12.6 Å². The zero-order chi connectivity index (χ0) is 17.0. The Balaban J connectivity index is 2.23. The Hall–Kier alpha value is -2.95. The van der Waals surface area contributed by atoms with Crippen molar-refractivity contribution >= 4 is 29.0 Å². The first-order valence-electron chi connectivity index (χ1n) is 7.17. The fraction of sp³-hybridized carbons (Fsp3) is 0.167. The van der Waals surface area contributed by atoms with Crippen LogP contribution >= 0.6 is 0 Å². The molecule has 0 heterocycles. The molecule has 0 aliphatic rings. The maximum absolute atomic E-state index is 12.4. The number of hydrogen-bond acceptors (Lipinski definition) is 3. The predicted octanol–water partition coefficient (Wildman–Crippen LogP) is 3.08. The number of carbonyl (C=O) groups excluding carboxylic acids is 3. The average molecular weight is 310 g/mol. The molecule has 2 aromatic rings. The monoisotopic (exact) mass is 310 g/mol. The maximum atomic E-state index is 12.4. The highest BCUT2D eigenvalue weighted by Gasteiger charge is 2.20. The number of benzene rings is 2. The Morgan fingerprint density at radius 3 is 2.09 bits per heavy atom. The summed E-state index contributed by atoms with van der Waals surface area (Å²) in [5, 5.41) is 5.15. The number of aryl methyl sites for hydroxylation is 2. The third-order valence-corrected chi connectivity index (χ3v) is 3.17. The van der Waals surface area contributed by atoms with Crippen LogP contribution in [0.15, 0.2) is 42.5 Å². The zero-order valence-corrected chi connectivity index (χ0v) is 13.3. The minimum absolute atomic E-state index is 0.157. The third kappa shape index (κ3) is 4.26. The molecular weight excluding hydrogens is 292 g/mol. The van der Waals surface area contributed by atoms with Crippen LogP contribution in [0.1, 0.15) is 28.4 Å². The van der Waals surface area contributed by atoms with E-state index in [9.17, 15) is 14.4 Å². The van der Waals surface area contributed by atoms with Crippen LogP contribution in [0, 0.1) is 13.8 Å². The first-order valence-corrected chi connectivity index (χ1v) is 7.17. The van der Waals surface area contributed by atoms with Crippen LogP contribution in [0.4, 0.5) is 11.4 Å². The Bertz CT molecular complexity index is 761. The summed E-state index contributed by atoms with van der Waals surface area (Å²) >= 11 is 0. The summed E-state index contributed by atoms with van der Waals surface area (Å²) in [6.45, 7) is 5.17. The van der Waals surface area contributed by atoms with E-state index in [2.05, 4.69) is 10.6 Å². The van der Waals surface area contributed by atoms with Crippen molar-refractivity contribution in [3.8, 4) is 0 Å². The first-order chi connectivity index (χ1) is 10.9. The van der Waals surface area contributed by atoms with Crippen LogP contribution in [0.25, 0.3) is 0 Å². The molecule has 2 rings (SSSR count). The van der Waals surface area contributed by atoms with Gasteiger partial charge in [0.1, 0.15) is 0 Å². The molecule has 0 aromatic heterocycles. The Morgan fingerprint density at radius 1 is 0.870 bits per heavy atom.